The molecule has 0 bridgehead atoms. The summed E-state index contributed by atoms with van der Waals surface area (Å²) in [7, 11) is 3.33. The summed E-state index contributed by atoms with van der Waals surface area (Å²) in [4.78, 5) is 25.2. The number of ether oxygens (including phenoxy) is 1. The van der Waals surface area contributed by atoms with E-state index in [1.807, 2.05) is 6.07 Å². The van der Waals surface area contributed by atoms with Gasteiger partial charge < -0.3 is 20.3 Å². The fraction of sp³-hybridized carbons (Fsp3) is 0.333. The van der Waals surface area contributed by atoms with E-state index in [4.69, 9.17) is 16.3 Å². The van der Waals surface area contributed by atoms with E-state index in [0.717, 1.165) is 17.5 Å². The molecule has 2 aromatic carbocycles. The molecule has 0 spiro atoms. The van der Waals surface area contributed by atoms with Gasteiger partial charge in [0.25, 0.3) is 5.91 Å². The normalized spacial score (nSPS) is 17.4. The molecule has 0 aromatic heterocycles. The van der Waals surface area contributed by atoms with Crippen molar-refractivity contribution in [1.29, 1.82) is 0 Å². The smallest absolute Gasteiger partial charge is 0.315 e. The lowest BCUT2D eigenvalue weighted by molar-refractivity contribution is -0.130. The second-order valence-corrected chi connectivity index (χ2v) is 7.58. The first-order chi connectivity index (χ1) is 13.8. The van der Waals surface area contributed by atoms with Gasteiger partial charge in [-0.25, -0.2) is 9.18 Å². The third-order valence-electron chi connectivity index (χ3n) is 4.69. The lowest BCUT2D eigenvalue weighted by Gasteiger charge is -2.12. The molecule has 1 aliphatic rings. The van der Waals surface area contributed by atoms with E-state index in [2.05, 4.69) is 10.6 Å². The first-order valence-corrected chi connectivity index (χ1v) is 9.62. The molecule has 0 unspecified atom stereocenters. The fourth-order valence-corrected chi connectivity index (χ4v) is 3.00. The molecule has 2 N–H and O–H groups in total. The second-order valence-electron chi connectivity index (χ2n) is 7.17. The zero-order valence-electron chi connectivity index (χ0n) is 16.2. The van der Waals surface area contributed by atoms with Crippen LogP contribution >= 0.6 is 11.6 Å². The van der Waals surface area contributed by atoms with Gasteiger partial charge in [0.2, 0.25) is 0 Å². The Morgan fingerprint density at radius 1 is 1.24 bits per heavy atom. The molecule has 0 aliphatic heterocycles. The molecule has 3 rings (SSSR count). The van der Waals surface area contributed by atoms with Gasteiger partial charge in [-0.05, 0) is 41.8 Å². The van der Waals surface area contributed by atoms with Gasteiger partial charge in [0.05, 0.1) is 5.02 Å². The first kappa shape index (κ1) is 20.9. The predicted octanol–water partition coefficient (Wildman–Crippen LogP) is 3.30. The average Bonchev–Trinajstić information content (AvgIpc) is 3.45. The number of hydrogen-bond donors (Lipinski definition) is 2. The van der Waals surface area contributed by atoms with E-state index in [1.165, 1.54) is 17.0 Å². The monoisotopic (exact) mass is 419 g/mol. The third-order valence-corrected chi connectivity index (χ3v) is 5.00. The number of halogens is 2. The van der Waals surface area contributed by atoms with E-state index >= 15 is 0 Å². The van der Waals surface area contributed by atoms with Gasteiger partial charge in [0.15, 0.2) is 6.61 Å². The first-order valence-electron chi connectivity index (χ1n) is 9.24. The van der Waals surface area contributed by atoms with Crippen LogP contribution in [0.3, 0.4) is 0 Å². The summed E-state index contributed by atoms with van der Waals surface area (Å²) >= 11 is 5.70. The summed E-state index contributed by atoms with van der Waals surface area (Å²) in [5.74, 6) is 0.0755. The minimum Gasteiger partial charge on any atom is -0.484 e. The molecule has 29 heavy (non-hydrogen) atoms. The number of amides is 3. The van der Waals surface area contributed by atoms with Crippen LogP contribution in [-0.2, 0) is 11.3 Å². The Labute approximate surface area is 174 Å². The summed E-state index contributed by atoms with van der Waals surface area (Å²) in [6, 6.07) is 11.6. The number of carbonyl (C=O) groups is 2. The summed E-state index contributed by atoms with van der Waals surface area (Å²) in [5, 5.41) is 5.78. The maximum atomic E-state index is 13.6. The molecule has 3 amide bonds. The van der Waals surface area contributed by atoms with Crippen molar-refractivity contribution in [2.45, 2.75) is 24.9 Å². The van der Waals surface area contributed by atoms with E-state index in [0.29, 0.717) is 12.3 Å². The average molecular weight is 420 g/mol. The molecular formula is C21H23ClFN3O3. The van der Waals surface area contributed by atoms with Crippen LogP contribution < -0.4 is 15.4 Å². The van der Waals surface area contributed by atoms with Gasteiger partial charge in [0.1, 0.15) is 11.6 Å². The minimum atomic E-state index is -0.450. The van der Waals surface area contributed by atoms with Crippen molar-refractivity contribution < 1.29 is 18.7 Å². The topological polar surface area (TPSA) is 70.7 Å². The Hall–Kier alpha value is -2.80. The zero-order chi connectivity index (χ0) is 21.0. The molecule has 8 heteroatoms. The number of rotatable bonds is 7. The van der Waals surface area contributed by atoms with E-state index in [1.54, 1.807) is 38.4 Å². The van der Waals surface area contributed by atoms with E-state index in [-0.39, 0.29) is 35.5 Å². The van der Waals surface area contributed by atoms with Gasteiger partial charge in [-0.3, -0.25) is 4.79 Å². The van der Waals surface area contributed by atoms with Gasteiger partial charge in [-0.1, -0.05) is 29.8 Å². The maximum absolute atomic E-state index is 13.6. The number of hydrogen-bond acceptors (Lipinski definition) is 3. The highest BCUT2D eigenvalue weighted by atomic mass is 35.5. The van der Waals surface area contributed by atoms with E-state index in [9.17, 15) is 14.0 Å². The van der Waals surface area contributed by atoms with Gasteiger partial charge in [-0.15, -0.1) is 0 Å². The molecule has 0 radical (unpaired) electrons. The summed E-state index contributed by atoms with van der Waals surface area (Å²) in [5.41, 5.74) is 1.68. The molecule has 1 saturated carbocycles. The molecule has 2 atom stereocenters. The van der Waals surface area contributed by atoms with Crippen LogP contribution in [0.1, 0.15) is 23.5 Å². The number of nitrogens with one attached hydrogen (secondary N) is 2. The van der Waals surface area contributed by atoms with Crippen LogP contribution in [0, 0.1) is 5.82 Å². The van der Waals surface area contributed by atoms with Crippen molar-refractivity contribution in [2.75, 3.05) is 20.7 Å². The Balaban J connectivity index is 1.44. The molecule has 0 saturated heterocycles. The van der Waals surface area contributed by atoms with Crippen molar-refractivity contribution in [3.05, 3.63) is 64.4 Å². The quantitative estimate of drug-likeness (QED) is 0.723. The molecule has 154 valence electrons. The Morgan fingerprint density at radius 2 is 2.03 bits per heavy atom. The number of carbonyl (C=O) groups excluding carboxylic acids is 2. The SMILES string of the molecule is CN(C)C(=O)COc1cccc(CNC(=O)N[C@@H]2C[C@H]2c2ccc(Cl)c(F)c2)c1. The minimum absolute atomic E-state index is 0.0257. The lowest BCUT2D eigenvalue weighted by atomic mass is 10.1. The van der Waals surface area contributed by atoms with Gasteiger partial charge in [-0.2, -0.15) is 0 Å². The van der Waals surface area contributed by atoms with Crippen LogP contribution in [0.15, 0.2) is 42.5 Å². The highest BCUT2D eigenvalue weighted by Gasteiger charge is 2.39. The highest BCUT2D eigenvalue weighted by molar-refractivity contribution is 6.30. The maximum Gasteiger partial charge on any atom is 0.315 e. The Morgan fingerprint density at radius 3 is 2.76 bits per heavy atom. The lowest BCUT2D eigenvalue weighted by Crippen LogP contribution is -2.36. The van der Waals surface area contributed by atoms with Gasteiger partial charge >= 0.3 is 6.03 Å². The number of likely N-dealkylation sites (N-methyl/N-ethyl adjacent to an activating group) is 1. The standard InChI is InChI=1S/C21H23ClFN3O3/c1-26(2)20(27)12-29-15-5-3-4-13(8-15)11-24-21(28)25-19-10-16(19)14-6-7-17(22)18(23)9-14/h3-9,16,19H,10-12H2,1-2H3,(H2,24,25,28)/t16-,19+/m0/s1. The highest BCUT2D eigenvalue weighted by Crippen LogP contribution is 2.41. The van der Waals surface area contributed by atoms with Crippen LogP contribution in [0.4, 0.5) is 9.18 Å². The fourth-order valence-electron chi connectivity index (χ4n) is 2.89. The number of nitrogens with zero attached hydrogens (tertiary/aromatic N) is 1. The molecule has 1 fully saturated rings. The molecule has 1 aliphatic carbocycles. The second kappa shape index (κ2) is 9.13. The number of benzene rings is 2. The van der Waals surface area contributed by atoms with Crippen molar-refractivity contribution in [3.8, 4) is 5.75 Å². The predicted molar refractivity (Wildman–Crippen MR) is 109 cm³/mol. The molecule has 0 heterocycles. The summed E-state index contributed by atoms with van der Waals surface area (Å²) in [6.07, 6.45) is 0.762. The third kappa shape index (κ3) is 5.84. The van der Waals surface area contributed by atoms with E-state index < -0.39 is 5.82 Å². The van der Waals surface area contributed by atoms with Crippen LogP contribution in [0.25, 0.3) is 0 Å². The summed E-state index contributed by atoms with van der Waals surface area (Å²) < 4.78 is 19.0. The van der Waals surface area contributed by atoms with Crippen molar-refractivity contribution >= 4 is 23.5 Å². The molecule has 6 nitrogen and oxygen atoms in total. The zero-order valence-corrected chi connectivity index (χ0v) is 17.0. The van der Waals surface area contributed by atoms with Crippen molar-refractivity contribution in [2.24, 2.45) is 0 Å². The van der Waals surface area contributed by atoms with Crippen molar-refractivity contribution in [1.82, 2.24) is 15.5 Å². The molecule has 2 aromatic rings. The Kier molecular flexibility index (Phi) is 6.59. The summed E-state index contributed by atoms with van der Waals surface area (Å²) in [6.45, 7) is 0.274. The van der Waals surface area contributed by atoms with Crippen molar-refractivity contribution in [3.63, 3.8) is 0 Å². The van der Waals surface area contributed by atoms with Crippen LogP contribution in [-0.4, -0.2) is 43.6 Å². The number of urea groups is 1. The van der Waals surface area contributed by atoms with Crippen LogP contribution in [0.5, 0.6) is 5.75 Å². The molecular weight excluding hydrogens is 397 g/mol. The largest absolute Gasteiger partial charge is 0.484 e. The van der Waals surface area contributed by atoms with Crippen LogP contribution in [0.2, 0.25) is 5.02 Å². The Bertz CT molecular complexity index is 906. The van der Waals surface area contributed by atoms with Gasteiger partial charge in [0, 0.05) is 32.6 Å².